The van der Waals surface area contributed by atoms with E-state index in [0.29, 0.717) is 68.6 Å². The highest BCUT2D eigenvalue weighted by Gasteiger charge is 2.50. The van der Waals surface area contributed by atoms with E-state index in [2.05, 4.69) is 58.4 Å². The second-order valence-electron chi connectivity index (χ2n) is 19.6. The number of anilines is 2. The van der Waals surface area contributed by atoms with Crippen molar-refractivity contribution >= 4 is 45.6 Å². The molecule has 2 amide bonds. The third-order valence-corrected chi connectivity index (χ3v) is 15.0. The van der Waals surface area contributed by atoms with Crippen molar-refractivity contribution in [2.45, 2.75) is 122 Å². The predicted molar refractivity (Wildman–Crippen MR) is 259 cm³/mol. The van der Waals surface area contributed by atoms with Crippen LogP contribution in [0, 0.1) is 11.7 Å². The zero-order chi connectivity index (χ0) is 46.5. The molecule has 15 heteroatoms. The summed E-state index contributed by atoms with van der Waals surface area (Å²) in [6.07, 6.45) is 13.7. The fourth-order valence-corrected chi connectivity index (χ4v) is 11.4. The Balaban J connectivity index is 0.893. The number of aryl methyl sites for hydroxylation is 1. The molecule has 4 fully saturated rings. The van der Waals surface area contributed by atoms with Crippen LogP contribution in [0.1, 0.15) is 109 Å². The van der Waals surface area contributed by atoms with Gasteiger partial charge in [0.1, 0.15) is 29.6 Å². The van der Waals surface area contributed by atoms with Crippen LogP contribution < -0.4 is 19.9 Å². The zero-order valence-corrected chi connectivity index (χ0v) is 39.9. The lowest BCUT2D eigenvalue weighted by atomic mass is 9.91. The summed E-state index contributed by atoms with van der Waals surface area (Å²) in [6.45, 7) is 14.6. The van der Waals surface area contributed by atoms with Crippen LogP contribution in [0.2, 0.25) is 0 Å². The molecular formula is C52H68FN9O5. The Bertz CT molecular complexity index is 2510. The monoisotopic (exact) mass is 918 g/mol. The summed E-state index contributed by atoms with van der Waals surface area (Å²) in [6, 6.07) is 14.7. The van der Waals surface area contributed by atoms with Gasteiger partial charge in [0.2, 0.25) is 12.3 Å². The van der Waals surface area contributed by atoms with Gasteiger partial charge in [0.25, 0.3) is 0 Å². The standard InChI is InChI=1S/C52H68FN9O5/c1-5-37-15-10-16-38-17-11-18-40(45(37)38)47-46(53)48-41(31-55-47)49(60-23-8-6-7-9-24-60)57-51(56-48)66-33-52-20-13-26-62(52)39(19-21-52)32-65-29-28-59(27-22-54-34-63)43-30-42(67-58-43)44(35(2)3)50(64)61-25-12-14-36(61)4/h10-11,15-18,30-31,34-36,39,44H,5-9,12-14,19-29,32-33H2,1-4H3,(H,54,63). The fraction of sp³-hybridized carbons (Fsp3) is 0.577. The minimum absolute atomic E-state index is 0.0372. The number of nitrogens with zero attached hydrogens (tertiary/aromatic N) is 8. The smallest absolute Gasteiger partial charge is 0.319 e. The number of halogens is 1. The molecule has 0 aliphatic carbocycles. The molecule has 0 spiro atoms. The van der Waals surface area contributed by atoms with Gasteiger partial charge in [-0.3, -0.25) is 19.5 Å². The molecule has 4 aliphatic rings. The molecule has 2 aromatic carbocycles. The van der Waals surface area contributed by atoms with Gasteiger partial charge < -0.3 is 34.0 Å². The Hall–Kier alpha value is -5.41. The predicted octanol–water partition coefficient (Wildman–Crippen LogP) is 8.31. The summed E-state index contributed by atoms with van der Waals surface area (Å²) in [5.74, 6) is 1.12. The molecule has 0 saturated carbocycles. The number of fused-ring (bicyclic) bond motifs is 3. The van der Waals surface area contributed by atoms with Gasteiger partial charge in [-0.1, -0.05) is 75.2 Å². The highest BCUT2D eigenvalue weighted by atomic mass is 19.1. The SMILES string of the molecule is CCc1cccc2cccc(-c3ncc4c(N5CCCCCC5)nc(OCC56CCCN5C(COCCN(CCNC=O)c5cc(C(C(=O)N7CCCC7C)C(C)C)on5)CC6)nc4c3F)c12. The maximum absolute atomic E-state index is 17.2. The fourth-order valence-electron chi connectivity index (χ4n) is 11.4. The highest BCUT2D eigenvalue weighted by Crippen LogP contribution is 2.43. The Labute approximate surface area is 393 Å². The van der Waals surface area contributed by atoms with Crippen LogP contribution in [-0.4, -0.2) is 125 Å². The van der Waals surface area contributed by atoms with Gasteiger partial charge in [-0.25, -0.2) is 4.39 Å². The third-order valence-electron chi connectivity index (χ3n) is 15.0. The van der Waals surface area contributed by atoms with E-state index in [-0.39, 0.29) is 46.7 Å². The van der Waals surface area contributed by atoms with Crippen molar-refractivity contribution in [3.63, 3.8) is 0 Å². The normalized spacial score (nSPS) is 21.6. The highest BCUT2D eigenvalue weighted by molar-refractivity contribution is 6.00. The molecule has 5 aromatic rings. The van der Waals surface area contributed by atoms with E-state index in [1.165, 1.54) is 0 Å². The van der Waals surface area contributed by atoms with E-state index < -0.39 is 11.7 Å². The summed E-state index contributed by atoms with van der Waals surface area (Å²) in [5, 5.41) is 9.86. The number of nitrogens with one attached hydrogen (secondary N) is 1. The number of benzene rings is 2. The summed E-state index contributed by atoms with van der Waals surface area (Å²) >= 11 is 0. The number of ether oxygens (including phenoxy) is 2. The van der Waals surface area contributed by atoms with E-state index in [1.807, 2.05) is 41.8 Å². The number of carbonyl (C=O) groups is 2. The molecule has 9 rings (SSSR count). The van der Waals surface area contributed by atoms with Crippen LogP contribution in [0.15, 0.2) is 53.2 Å². The lowest BCUT2D eigenvalue weighted by Crippen LogP contribution is -2.48. The minimum atomic E-state index is -0.456. The first kappa shape index (κ1) is 46.7. The molecule has 67 heavy (non-hydrogen) atoms. The van der Waals surface area contributed by atoms with Crippen LogP contribution in [0.4, 0.5) is 16.0 Å². The number of hydrogen-bond acceptors (Lipinski definition) is 12. The van der Waals surface area contributed by atoms with Crippen LogP contribution in [0.5, 0.6) is 6.01 Å². The number of rotatable bonds is 19. The number of pyridine rings is 1. The number of hydrogen-bond donors (Lipinski definition) is 1. The molecule has 1 N–H and O–H groups in total. The number of likely N-dealkylation sites (tertiary alicyclic amines) is 1. The molecule has 4 saturated heterocycles. The maximum atomic E-state index is 17.2. The quantitative estimate of drug-likeness (QED) is 0.0629. The van der Waals surface area contributed by atoms with Gasteiger partial charge in [-0.15, -0.1) is 0 Å². The Morgan fingerprint density at radius 3 is 2.60 bits per heavy atom. The largest absolute Gasteiger partial charge is 0.461 e. The van der Waals surface area contributed by atoms with E-state index in [9.17, 15) is 9.59 Å². The van der Waals surface area contributed by atoms with E-state index in [1.54, 1.807) is 6.20 Å². The Morgan fingerprint density at radius 2 is 1.84 bits per heavy atom. The van der Waals surface area contributed by atoms with E-state index >= 15 is 4.39 Å². The summed E-state index contributed by atoms with van der Waals surface area (Å²) < 4.78 is 36.1. The lowest BCUT2D eigenvalue weighted by molar-refractivity contribution is -0.134. The topological polar surface area (TPSA) is 142 Å². The number of aromatic nitrogens is 4. The van der Waals surface area contributed by atoms with Gasteiger partial charge in [-0.2, -0.15) is 9.97 Å². The average Bonchev–Trinajstić information content (AvgIpc) is 4.11. The van der Waals surface area contributed by atoms with Crippen molar-refractivity contribution in [1.82, 2.24) is 35.2 Å². The number of amides is 2. The van der Waals surface area contributed by atoms with Crippen molar-refractivity contribution in [2.24, 2.45) is 5.92 Å². The average molecular weight is 918 g/mol. The van der Waals surface area contributed by atoms with Crippen LogP contribution in [-0.2, 0) is 20.7 Å². The van der Waals surface area contributed by atoms with Crippen molar-refractivity contribution in [1.29, 1.82) is 0 Å². The molecule has 0 bridgehead atoms. The van der Waals surface area contributed by atoms with E-state index in [4.69, 9.17) is 28.9 Å². The molecule has 14 nitrogen and oxygen atoms in total. The van der Waals surface area contributed by atoms with Gasteiger partial charge in [0.15, 0.2) is 17.4 Å². The van der Waals surface area contributed by atoms with Crippen molar-refractivity contribution < 1.29 is 28.0 Å². The molecule has 4 aliphatic heterocycles. The summed E-state index contributed by atoms with van der Waals surface area (Å²) in [4.78, 5) is 48.4. The molecule has 7 heterocycles. The summed E-state index contributed by atoms with van der Waals surface area (Å²) in [5.41, 5.74) is 2.24. The lowest BCUT2D eigenvalue weighted by Gasteiger charge is -2.34. The molecular weight excluding hydrogens is 850 g/mol. The van der Waals surface area contributed by atoms with Crippen LogP contribution in [0.3, 0.4) is 0 Å². The Morgan fingerprint density at radius 1 is 1.01 bits per heavy atom. The third kappa shape index (κ3) is 9.68. The van der Waals surface area contributed by atoms with Crippen LogP contribution in [0.25, 0.3) is 32.9 Å². The molecule has 4 atom stereocenters. The molecule has 0 radical (unpaired) electrons. The van der Waals surface area contributed by atoms with Gasteiger partial charge >= 0.3 is 6.01 Å². The molecule has 4 unspecified atom stereocenters. The first-order valence-corrected chi connectivity index (χ1v) is 25.0. The van der Waals surface area contributed by atoms with Gasteiger partial charge in [0.05, 0.1) is 24.1 Å². The van der Waals surface area contributed by atoms with Crippen molar-refractivity contribution in [3.05, 3.63) is 65.8 Å². The number of carbonyl (C=O) groups excluding carboxylic acids is 2. The molecule has 3 aromatic heterocycles. The second kappa shape index (κ2) is 20.8. The van der Waals surface area contributed by atoms with Crippen LogP contribution >= 0.6 is 0 Å². The van der Waals surface area contributed by atoms with Crippen molar-refractivity contribution in [3.8, 4) is 17.3 Å². The first-order valence-electron chi connectivity index (χ1n) is 25.0. The second-order valence-corrected chi connectivity index (χ2v) is 19.6. The Kier molecular flexibility index (Phi) is 14.5. The van der Waals surface area contributed by atoms with Gasteiger partial charge in [0, 0.05) is 69.2 Å². The zero-order valence-electron chi connectivity index (χ0n) is 39.9. The first-order chi connectivity index (χ1) is 32.7. The molecule has 358 valence electrons. The summed E-state index contributed by atoms with van der Waals surface area (Å²) in [7, 11) is 0. The minimum Gasteiger partial charge on any atom is -0.461 e. The van der Waals surface area contributed by atoms with Crippen molar-refractivity contribution in [2.75, 3.05) is 75.4 Å². The van der Waals surface area contributed by atoms with E-state index in [0.717, 1.165) is 119 Å². The van der Waals surface area contributed by atoms with Gasteiger partial charge in [-0.05, 0) is 93.5 Å². The maximum Gasteiger partial charge on any atom is 0.319 e.